The molecule has 0 fully saturated rings. The average molecular weight is 448 g/mol. The lowest BCUT2D eigenvalue weighted by Crippen LogP contribution is -2.40. The number of carbonyl (C=O) groups is 1. The minimum Gasteiger partial charge on any atom is -0.495 e. The number of nitrogens with one attached hydrogen (secondary N) is 2. The highest BCUT2D eigenvalue weighted by molar-refractivity contribution is 5.91. The molecule has 0 atom stereocenters. The Balaban J connectivity index is 1.34. The second-order valence-corrected chi connectivity index (χ2v) is 7.78. The van der Waals surface area contributed by atoms with Gasteiger partial charge in [-0.05, 0) is 60.4 Å². The van der Waals surface area contributed by atoms with Gasteiger partial charge in [-0.3, -0.25) is 0 Å². The van der Waals surface area contributed by atoms with E-state index in [1.807, 2.05) is 48.5 Å². The van der Waals surface area contributed by atoms with Gasteiger partial charge in [0.05, 0.1) is 12.8 Å². The smallest absolute Gasteiger partial charge is 0.319 e. The maximum atomic E-state index is 12.9. The van der Waals surface area contributed by atoms with Gasteiger partial charge in [-0.1, -0.05) is 24.3 Å². The van der Waals surface area contributed by atoms with Crippen molar-refractivity contribution in [3.8, 4) is 28.7 Å². The third kappa shape index (κ3) is 4.74. The summed E-state index contributed by atoms with van der Waals surface area (Å²) in [5.74, 6) is 3.48. The highest BCUT2D eigenvalue weighted by Gasteiger charge is 2.20. The van der Waals surface area contributed by atoms with E-state index in [0.29, 0.717) is 35.8 Å². The van der Waals surface area contributed by atoms with E-state index in [4.69, 9.17) is 23.7 Å². The van der Waals surface area contributed by atoms with Crippen LogP contribution < -0.4 is 34.3 Å². The monoisotopic (exact) mass is 448 g/mol. The van der Waals surface area contributed by atoms with Crippen molar-refractivity contribution >= 4 is 11.7 Å². The molecule has 0 radical (unpaired) electrons. The van der Waals surface area contributed by atoms with Crippen molar-refractivity contribution in [2.45, 2.75) is 18.9 Å². The fourth-order valence-corrected chi connectivity index (χ4v) is 3.97. The summed E-state index contributed by atoms with van der Waals surface area (Å²) >= 11 is 0. The Morgan fingerprint density at radius 1 is 0.848 bits per heavy atom. The first kappa shape index (κ1) is 20.8. The maximum absolute atomic E-state index is 12.9. The number of benzene rings is 3. The van der Waals surface area contributed by atoms with Crippen LogP contribution >= 0.6 is 0 Å². The molecule has 0 unspecified atom stereocenters. The third-order valence-corrected chi connectivity index (χ3v) is 5.53. The number of para-hydroxylation sites is 2. The predicted molar refractivity (Wildman–Crippen MR) is 121 cm³/mol. The standard InChI is InChI=1S/C25H24N2O6/c1-29-20-5-3-2-4-19(20)27-25(28)26-18(10-16-6-8-21-23(12-16)32-14-30-21)11-17-7-9-22-24(13-17)33-15-31-22/h2-9,12-13,18H,10-11,14-15H2,1H3,(H2,26,27,28). The van der Waals surface area contributed by atoms with E-state index in [1.54, 1.807) is 19.2 Å². The average Bonchev–Trinajstić information content (AvgIpc) is 3.48. The number of carbonyl (C=O) groups excluding carboxylic acids is 1. The molecule has 2 N–H and O–H groups in total. The van der Waals surface area contributed by atoms with Crippen LogP contribution in [0, 0.1) is 0 Å². The quantitative estimate of drug-likeness (QED) is 0.565. The molecule has 5 rings (SSSR count). The Kier molecular flexibility index (Phi) is 5.80. The lowest BCUT2D eigenvalue weighted by atomic mass is 9.98. The van der Waals surface area contributed by atoms with Gasteiger partial charge in [0.25, 0.3) is 0 Å². The minimum atomic E-state index is -0.314. The van der Waals surface area contributed by atoms with Crippen molar-refractivity contribution in [2.75, 3.05) is 26.0 Å². The van der Waals surface area contributed by atoms with Gasteiger partial charge in [-0.25, -0.2) is 4.79 Å². The molecule has 2 amide bonds. The number of urea groups is 1. The molecule has 0 aliphatic carbocycles. The molecule has 0 spiro atoms. The van der Waals surface area contributed by atoms with Crippen LogP contribution in [0.4, 0.5) is 10.5 Å². The van der Waals surface area contributed by atoms with E-state index < -0.39 is 0 Å². The Morgan fingerprint density at radius 2 is 1.42 bits per heavy atom. The van der Waals surface area contributed by atoms with Gasteiger partial charge >= 0.3 is 6.03 Å². The number of fused-ring (bicyclic) bond motifs is 2. The van der Waals surface area contributed by atoms with Crippen molar-refractivity contribution < 1.29 is 28.5 Å². The normalized spacial score (nSPS) is 13.2. The molecule has 3 aromatic carbocycles. The van der Waals surface area contributed by atoms with Crippen molar-refractivity contribution in [1.29, 1.82) is 0 Å². The molecule has 2 heterocycles. The fraction of sp³-hybridized carbons (Fsp3) is 0.240. The first-order valence-electron chi connectivity index (χ1n) is 10.7. The molecule has 0 aromatic heterocycles. The van der Waals surface area contributed by atoms with Gasteiger partial charge in [0, 0.05) is 6.04 Å². The van der Waals surface area contributed by atoms with E-state index in [9.17, 15) is 4.79 Å². The number of hydrogen-bond donors (Lipinski definition) is 2. The van der Waals surface area contributed by atoms with Crippen LogP contribution in [0.1, 0.15) is 11.1 Å². The van der Waals surface area contributed by atoms with Crippen molar-refractivity contribution in [2.24, 2.45) is 0 Å². The summed E-state index contributed by atoms with van der Waals surface area (Å²) in [6.45, 7) is 0.442. The zero-order valence-electron chi connectivity index (χ0n) is 18.1. The summed E-state index contributed by atoms with van der Waals surface area (Å²) < 4.78 is 27.2. The van der Waals surface area contributed by atoms with Crippen LogP contribution in [0.25, 0.3) is 0 Å². The van der Waals surface area contributed by atoms with Crippen molar-refractivity contribution in [3.05, 3.63) is 71.8 Å². The molecular weight excluding hydrogens is 424 g/mol. The van der Waals surface area contributed by atoms with Crippen LogP contribution in [0.5, 0.6) is 28.7 Å². The van der Waals surface area contributed by atoms with Gasteiger partial charge in [0.2, 0.25) is 13.6 Å². The molecule has 8 nitrogen and oxygen atoms in total. The van der Waals surface area contributed by atoms with Crippen LogP contribution in [-0.2, 0) is 12.8 Å². The summed E-state index contributed by atoms with van der Waals surface area (Å²) in [7, 11) is 1.57. The van der Waals surface area contributed by atoms with E-state index in [-0.39, 0.29) is 25.7 Å². The maximum Gasteiger partial charge on any atom is 0.319 e. The summed E-state index contributed by atoms with van der Waals surface area (Å²) in [6, 6.07) is 18.4. The summed E-state index contributed by atoms with van der Waals surface area (Å²) in [5, 5.41) is 5.98. The molecule has 0 bridgehead atoms. The van der Waals surface area contributed by atoms with Crippen LogP contribution in [0.3, 0.4) is 0 Å². The predicted octanol–water partition coefficient (Wildman–Crippen LogP) is 4.13. The molecule has 8 heteroatoms. The third-order valence-electron chi connectivity index (χ3n) is 5.53. The largest absolute Gasteiger partial charge is 0.495 e. The lowest BCUT2D eigenvalue weighted by Gasteiger charge is -2.20. The highest BCUT2D eigenvalue weighted by atomic mass is 16.7. The zero-order chi connectivity index (χ0) is 22.6. The van der Waals surface area contributed by atoms with Gasteiger partial charge in [0.1, 0.15) is 5.75 Å². The topological polar surface area (TPSA) is 87.3 Å². The molecule has 0 saturated heterocycles. The van der Waals surface area contributed by atoms with Crippen molar-refractivity contribution in [3.63, 3.8) is 0 Å². The van der Waals surface area contributed by atoms with Gasteiger partial charge in [0.15, 0.2) is 23.0 Å². The minimum absolute atomic E-state index is 0.194. The molecule has 2 aliphatic heterocycles. The van der Waals surface area contributed by atoms with Crippen LogP contribution in [-0.4, -0.2) is 32.8 Å². The second kappa shape index (κ2) is 9.20. The molecular formula is C25H24N2O6. The molecule has 0 saturated carbocycles. The number of anilines is 1. The Labute approximate surface area is 191 Å². The van der Waals surface area contributed by atoms with Crippen LogP contribution in [0.15, 0.2) is 60.7 Å². The Bertz CT molecular complexity index is 1110. The van der Waals surface area contributed by atoms with Gasteiger partial charge < -0.3 is 34.3 Å². The second-order valence-electron chi connectivity index (χ2n) is 7.78. The molecule has 3 aromatic rings. The van der Waals surface area contributed by atoms with Gasteiger partial charge in [-0.2, -0.15) is 0 Å². The number of amides is 2. The van der Waals surface area contributed by atoms with E-state index in [0.717, 1.165) is 22.6 Å². The summed E-state index contributed by atoms with van der Waals surface area (Å²) in [5.41, 5.74) is 2.66. The van der Waals surface area contributed by atoms with Crippen LogP contribution in [0.2, 0.25) is 0 Å². The summed E-state index contributed by atoms with van der Waals surface area (Å²) in [6.07, 6.45) is 1.20. The fourth-order valence-electron chi connectivity index (χ4n) is 3.97. The number of methoxy groups -OCH3 is 1. The molecule has 33 heavy (non-hydrogen) atoms. The molecule has 170 valence electrons. The number of hydrogen-bond acceptors (Lipinski definition) is 6. The highest BCUT2D eigenvalue weighted by Crippen LogP contribution is 2.34. The Hall–Kier alpha value is -4.07. The van der Waals surface area contributed by atoms with E-state index in [1.165, 1.54) is 0 Å². The number of rotatable bonds is 7. The zero-order valence-corrected chi connectivity index (χ0v) is 18.1. The molecule has 2 aliphatic rings. The number of ether oxygens (including phenoxy) is 5. The van der Waals surface area contributed by atoms with Gasteiger partial charge in [-0.15, -0.1) is 0 Å². The van der Waals surface area contributed by atoms with Crippen molar-refractivity contribution in [1.82, 2.24) is 5.32 Å². The van der Waals surface area contributed by atoms with E-state index in [2.05, 4.69) is 10.6 Å². The first-order valence-corrected chi connectivity index (χ1v) is 10.7. The summed E-state index contributed by atoms with van der Waals surface area (Å²) in [4.78, 5) is 12.9. The Morgan fingerprint density at radius 3 is 2.03 bits per heavy atom. The lowest BCUT2D eigenvalue weighted by molar-refractivity contribution is 0.173. The first-order chi connectivity index (χ1) is 16.2. The SMILES string of the molecule is COc1ccccc1NC(=O)NC(Cc1ccc2c(c1)OCO2)Cc1ccc2c(c1)OCO2. The van der Waals surface area contributed by atoms with E-state index >= 15 is 0 Å².